The lowest BCUT2D eigenvalue weighted by atomic mass is 10.1. The third kappa shape index (κ3) is 10.5. The molecule has 2 atom stereocenters. The summed E-state index contributed by atoms with van der Waals surface area (Å²) in [5.41, 5.74) is 2.57. The largest absolute Gasteiger partial charge is 0.376 e. The summed E-state index contributed by atoms with van der Waals surface area (Å²) in [7, 11) is 0. The van der Waals surface area contributed by atoms with E-state index in [1.807, 2.05) is 0 Å². The number of aliphatic imine (C=N–C) groups is 1. The molecule has 2 aliphatic heterocycles. The van der Waals surface area contributed by atoms with Crippen molar-refractivity contribution in [1.29, 1.82) is 0 Å². The highest BCUT2D eigenvalue weighted by molar-refractivity contribution is 14.0. The Balaban J connectivity index is 0.00000385. The number of rotatable bonds is 9. The van der Waals surface area contributed by atoms with E-state index in [1.54, 1.807) is 0 Å². The topological polar surface area (TPSA) is 61.4 Å². The minimum absolute atomic E-state index is 0. The molecule has 8 heteroatoms. The zero-order chi connectivity index (χ0) is 22.8. The van der Waals surface area contributed by atoms with Gasteiger partial charge in [-0.2, -0.15) is 0 Å². The van der Waals surface area contributed by atoms with E-state index in [-0.39, 0.29) is 30.1 Å². The van der Waals surface area contributed by atoms with Crippen LogP contribution in [0.15, 0.2) is 29.3 Å². The maximum Gasteiger partial charge on any atom is 0.191 e. The van der Waals surface area contributed by atoms with Crippen LogP contribution < -0.4 is 10.6 Å². The Kier molecular flexibility index (Phi) is 13.0. The van der Waals surface area contributed by atoms with Gasteiger partial charge in [0.2, 0.25) is 0 Å². The first-order chi connectivity index (χ1) is 15.5. The molecule has 0 saturated carbocycles. The molecule has 2 heterocycles. The second-order valence-electron chi connectivity index (χ2n) is 9.46. The summed E-state index contributed by atoms with van der Waals surface area (Å²) >= 11 is 0. The summed E-state index contributed by atoms with van der Waals surface area (Å²) in [6, 6.07) is 8.79. The van der Waals surface area contributed by atoms with Gasteiger partial charge in [-0.05, 0) is 30.9 Å². The van der Waals surface area contributed by atoms with Crippen LogP contribution in [0.4, 0.5) is 0 Å². The Morgan fingerprint density at radius 1 is 1.09 bits per heavy atom. The summed E-state index contributed by atoms with van der Waals surface area (Å²) in [6.45, 7) is 18.8. The summed E-state index contributed by atoms with van der Waals surface area (Å²) in [4.78, 5) is 9.80. The summed E-state index contributed by atoms with van der Waals surface area (Å²) in [6.07, 6.45) is 0.515. The van der Waals surface area contributed by atoms with Gasteiger partial charge in [-0.3, -0.25) is 9.80 Å². The molecule has 0 bridgehead atoms. The van der Waals surface area contributed by atoms with E-state index in [0.717, 1.165) is 71.5 Å². The Labute approximate surface area is 217 Å². The second kappa shape index (κ2) is 15.1. The van der Waals surface area contributed by atoms with Gasteiger partial charge in [-0.15, -0.1) is 24.0 Å². The standard InChI is InChI=1S/C25H43N5O2.HI/c1-5-26-25(28-15-24-19-29(10-12-32-24)16-20(2)3)27-14-22-7-6-8-23(13-22)18-30-9-11-31-21(4)17-30;/h6-8,13,20-21,24H,5,9-12,14-19H2,1-4H3,(H2,26,27,28);1H. The summed E-state index contributed by atoms with van der Waals surface area (Å²) < 4.78 is 11.6. The van der Waals surface area contributed by atoms with Gasteiger partial charge in [0.05, 0.1) is 32.0 Å². The highest BCUT2D eigenvalue weighted by Crippen LogP contribution is 2.13. The van der Waals surface area contributed by atoms with Gasteiger partial charge in [0.1, 0.15) is 0 Å². The van der Waals surface area contributed by atoms with Gasteiger partial charge >= 0.3 is 0 Å². The first-order valence-corrected chi connectivity index (χ1v) is 12.3. The van der Waals surface area contributed by atoms with E-state index in [0.29, 0.717) is 18.6 Å². The van der Waals surface area contributed by atoms with Crippen molar-refractivity contribution in [3.05, 3.63) is 35.4 Å². The number of morpholine rings is 2. The molecule has 0 spiro atoms. The van der Waals surface area contributed by atoms with Gasteiger partial charge in [0, 0.05) is 52.4 Å². The molecule has 0 aliphatic carbocycles. The number of hydrogen-bond donors (Lipinski definition) is 2. The average molecular weight is 574 g/mol. The van der Waals surface area contributed by atoms with Crippen LogP contribution >= 0.6 is 24.0 Å². The fraction of sp³-hybridized carbons (Fsp3) is 0.720. The van der Waals surface area contributed by atoms with E-state index >= 15 is 0 Å². The maximum atomic E-state index is 5.98. The molecule has 2 aliphatic rings. The van der Waals surface area contributed by atoms with Crippen molar-refractivity contribution in [3.8, 4) is 0 Å². The van der Waals surface area contributed by atoms with E-state index in [2.05, 4.69) is 72.4 Å². The molecular weight excluding hydrogens is 529 g/mol. The first-order valence-electron chi connectivity index (χ1n) is 12.3. The van der Waals surface area contributed by atoms with Gasteiger partial charge < -0.3 is 20.1 Å². The Morgan fingerprint density at radius 2 is 1.85 bits per heavy atom. The minimum atomic E-state index is 0. The van der Waals surface area contributed by atoms with E-state index in [4.69, 9.17) is 14.5 Å². The van der Waals surface area contributed by atoms with Crippen LogP contribution in [-0.4, -0.2) is 87.0 Å². The van der Waals surface area contributed by atoms with Crippen molar-refractivity contribution in [2.75, 3.05) is 59.0 Å². The summed E-state index contributed by atoms with van der Waals surface area (Å²) in [5, 5.41) is 6.85. The normalized spacial score (nSPS) is 22.8. The van der Waals surface area contributed by atoms with Crippen LogP contribution in [0.5, 0.6) is 0 Å². The molecule has 2 fully saturated rings. The number of nitrogens with zero attached hydrogens (tertiary/aromatic N) is 3. The predicted octanol–water partition coefficient (Wildman–Crippen LogP) is 2.94. The van der Waals surface area contributed by atoms with Crippen LogP contribution in [0, 0.1) is 5.92 Å². The second-order valence-corrected chi connectivity index (χ2v) is 9.46. The van der Waals surface area contributed by atoms with Gasteiger partial charge in [-0.1, -0.05) is 38.1 Å². The van der Waals surface area contributed by atoms with Crippen LogP contribution in [-0.2, 0) is 22.6 Å². The molecule has 0 radical (unpaired) electrons. The van der Waals surface area contributed by atoms with Crippen LogP contribution in [0.2, 0.25) is 0 Å². The molecule has 33 heavy (non-hydrogen) atoms. The predicted molar refractivity (Wildman–Crippen MR) is 146 cm³/mol. The number of hydrogen-bond acceptors (Lipinski definition) is 5. The van der Waals surface area contributed by atoms with Crippen molar-refractivity contribution < 1.29 is 9.47 Å². The fourth-order valence-electron chi connectivity index (χ4n) is 4.43. The molecule has 1 aromatic rings. The number of guanidine groups is 1. The summed E-state index contributed by atoms with van der Waals surface area (Å²) in [5.74, 6) is 1.53. The SMILES string of the molecule is CCNC(=NCc1cccc(CN2CCOC(C)C2)c1)NCC1CN(CC(C)C)CCO1.I. The van der Waals surface area contributed by atoms with Crippen molar-refractivity contribution in [2.24, 2.45) is 10.9 Å². The van der Waals surface area contributed by atoms with E-state index < -0.39 is 0 Å². The van der Waals surface area contributed by atoms with E-state index in [9.17, 15) is 0 Å². The van der Waals surface area contributed by atoms with Gasteiger partial charge in [-0.25, -0.2) is 4.99 Å². The molecular formula is C25H44IN5O2. The quantitative estimate of drug-likeness (QED) is 0.269. The average Bonchev–Trinajstić information content (AvgIpc) is 2.76. The van der Waals surface area contributed by atoms with Gasteiger partial charge in [0.15, 0.2) is 5.96 Å². The van der Waals surface area contributed by atoms with Gasteiger partial charge in [0.25, 0.3) is 0 Å². The molecule has 2 unspecified atom stereocenters. The first kappa shape index (κ1) is 28.3. The Bertz CT molecular complexity index is 718. The lowest BCUT2D eigenvalue weighted by molar-refractivity contribution is -0.0284. The molecule has 188 valence electrons. The van der Waals surface area contributed by atoms with E-state index in [1.165, 1.54) is 11.1 Å². The number of benzene rings is 1. The third-order valence-corrected chi connectivity index (χ3v) is 5.83. The minimum Gasteiger partial charge on any atom is -0.376 e. The number of ether oxygens (including phenoxy) is 2. The maximum absolute atomic E-state index is 5.98. The van der Waals surface area contributed by atoms with Crippen molar-refractivity contribution in [3.63, 3.8) is 0 Å². The van der Waals surface area contributed by atoms with Crippen molar-refractivity contribution >= 4 is 29.9 Å². The molecule has 2 N–H and O–H groups in total. The molecule has 0 amide bonds. The fourth-order valence-corrected chi connectivity index (χ4v) is 4.43. The molecule has 7 nitrogen and oxygen atoms in total. The smallest absolute Gasteiger partial charge is 0.191 e. The van der Waals surface area contributed by atoms with Crippen LogP contribution in [0.1, 0.15) is 38.8 Å². The highest BCUT2D eigenvalue weighted by Gasteiger charge is 2.21. The zero-order valence-electron chi connectivity index (χ0n) is 20.9. The molecule has 1 aromatic carbocycles. The highest BCUT2D eigenvalue weighted by atomic mass is 127. The van der Waals surface area contributed by atoms with Crippen LogP contribution in [0.25, 0.3) is 0 Å². The lowest BCUT2D eigenvalue weighted by Gasteiger charge is -2.34. The van der Waals surface area contributed by atoms with Crippen LogP contribution in [0.3, 0.4) is 0 Å². The van der Waals surface area contributed by atoms with Crippen molar-refractivity contribution in [1.82, 2.24) is 20.4 Å². The zero-order valence-corrected chi connectivity index (χ0v) is 23.2. The molecule has 0 aromatic heterocycles. The lowest BCUT2D eigenvalue weighted by Crippen LogP contribution is -2.50. The third-order valence-electron chi connectivity index (χ3n) is 5.83. The Hall–Kier alpha value is -0.940. The number of nitrogens with one attached hydrogen (secondary N) is 2. The molecule has 3 rings (SSSR count). The monoisotopic (exact) mass is 573 g/mol. The Morgan fingerprint density at radius 3 is 2.61 bits per heavy atom. The molecule has 2 saturated heterocycles. The van der Waals surface area contributed by atoms with Crippen molar-refractivity contribution in [2.45, 2.75) is 53.0 Å². The number of halogens is 1.